The molecule has 0 unspecified atom stereocenters. The predicted molar refractivity (Wildman–Crippen MR) is 89.6 cm³/mol. The van der Waals surface area contributed by atoms with Gasteiger partial charge in [-0.05, 0) is 48.2 Å². The van der Waals surface area contributed by atoms with Crippen LogP contribution >= 0.6 is 17.0 Å². The molecule has 0 amide bonds. The van der Waals surface area contributed by atoms with Crippen LogP contribution in [0.1, 0.15) is 25.0 Å². The third-order valence-corrected chi connectivity index (χ3v) is 3.73. The van der Waals surface area contributed by atoms with E-state index < -0.39 is 20.8 Å². The Bertz CT molecular complexity index is 597. The van der Waals surface area contributed by atoms with Crippen LogP contribution < -0.4 is 4.90 Å². The van der Waals surface area contributed by atoms with Crippen LogP contribution in [0.15, 0.2) is 42.5 Å². The monoisotopic (exact) mass is 396 g/mol. The predicted octanol–water partition coefficient (Wildman–Crippen LogP) is 5.49. The SMILES string of the molecule is CCN(CC)c1ccc2c(c1)[CH]c1ccccc1-2.[Cl][Zr][Cl]. The molecule has 0 spiro atoms. The van der Waals surface area contributed by atoms with Crippen molar-refractivity contribution in [1.82, 2.24) is 0 Å². The van der Waals surface area contributed by atoms with Gasteiger partial charge in [-0.1, -0.05) is 30.3 Å². The van der Waals surface area contributed by atoms with Gasteiger partial charge in [0.05, 0.1) is 0 Å². The van der Waals surface area contributed by atoms with Crippen molar-refractivity contribution < 1.29 is 20.8 Å². The molecule has 0 aromatic heterocycles. The fraction of sp³-hybridized carbons (Fsp3) is 0.235. The molecular formula is C17H18Cl2NZr. The van der Waals surface area contributed by atoms with E-state index in [9.17, 15) is 0 Å². The van der Waals surface area contributed by atoms with E-state index in [4.69, 9.17) is 17.0 Å². The molecule has 0 saturated heterocycles. The average Bonchev–Trinajstić information content (AvgIpc) is 2.87. The molecule has 1 aliphatic rings. The molecule has 0 aliphatic heterocycles. The molecule has 2 aromatic carbocycles. The van der Waals surface area contributed by atoms with Crippen molar-refractivity contribution in [2.75, 3.05) is 18.0 Å². The Balaban J connectivity index is 0.000000497. The van der Waals surface area contributed by atoms with Gasteiger partial charge >= 0.3 is 37.9 Å². The Morgan fingerprint density at radius 2 is 1.52 bits per heavy atom. The van der Waals surface area contributed by atoms with Gasteiger partial charge in [0.25, 0.3) is 0 Å². The van der Waals surface area contributed by atoms with E-state index in [2.05, 4.69) is 67.6 Å². The molecule has 0 atom stereocenters. The Labute approximate surface area is 145 Å². The summed E-state index contributed by atoms with van der Waals surface area (Å²) in [6.07, 6.45) is 2.29. The zero-order valence-corrected chi connectivity index (χ0v) is 16.2. The van der Waals surface area contributed by atoms with Crippen molar-refractivity contribution >= 4 is 22.7 Å². The first kappa shape index (κ1) is 17.1. The summed E-state index contributed by atoms with van der Waals surface area (Å²) < 4.78 is 0. The third-order valence-electron chi connectivity index (χ3n) is 3.73. The average molecular weight is 398 g/mol. The summed E-state index contributed by atoms with van der Waals surface area (Å²) >= 11 is -0.826. The van der Waals surface area contributed by atoms with Gasteiger partial charge in [0.1, 0.15) is 0 Å². The second kappa shape index (κ2) is 8.37. The van der Waals surface area contributed by atoms with Gasteiger partial charge in [-0.2, -0.15) is 0 Å². The number of halogens is 2. The Kier molecular flexibility index (Phi) is 6.80. The van der Waals surface area contributed by atoms with Crippen molar-refractivity contribution in [2.45, 2.75) is 13.8 Å². The van der Waals surface area contributed by atoms with Gasteiger partial charge in [-0.3, -0.25) is 0 Å². The van der Waals surface area contributed by atoms with Gasteiger partial charge in [0.2, 0.25) is 0 Å². The van der Waals surface area contributed by atoms with Gasteiger partial charge in [-0.25, -0.2) is 0 Å². The van der Waals surface area contributed by atoms with Crippen molar-refractivity contribution in [1.29, 1.82) is 0 Å². The zero-order valence-electron chi connectivity index (χ0n) is 12.2. The van der Waals surface area contributed by atoms with Crippen LogP contribution in [0.25, 0.3) is 11.1 Å². The van der Waals surface area contributed by atoms with Crippen LogP contribution in [0.3, 0.4) is 0 Å². The molecule has 1 aliphatic carbocycles. The first-order valence-corrected chi connectivity index (χ1v) is 13.4. The number of anilines is 1. The van der Waals surface area contributed by atoms with Crippen LogP contribution in [0.2, 0.25) is 0 Å². The number of hydrogen-bond acceptors (Lipinski definition) is 1. The minimum atomic E-state index is -0.826. The van der Waals surface area contributed by atoms with Gasteiger partial charge < -0.3 is 4.90 Å². The Morgan fingerprint density at radius 3 is 2.19 bits per heavy atom. The summed E-state index contributed by atoms with van der Waals surface area (Å²) in [5.74, 6) is 0. The second-order valence-corrected chi connectivity index (χ2v) is 8.48. The molecule has 109 valence electrons. The molecule has 0 saturated carbocycles. The van der Waals surface area contributed by atoms with Crippen molar-refractivity contribution in [3.8, 4) is 11.1 Å². The van der Waals surface area contributed by atoms with Gasteiger partial charge in [0, 0.05) is 25.2 Å². The Morgan fingerprint density at radius 1 is 0.905 bits per heavy atom. The molecule has 3 rings (SSSR count). The summed E-state index contributed by atoms with van der Waals surface area (Å²) in [5, 5.41) is 0. The number of benzene rings is 2. The van der Waals surface area contributed by atoms with E-state index >= 15 is 0 Å². The molecule has 0 bridgehead atoms. The van der Waals surface area contributed by atoms with E-state index in [-0.39, 0.29) is 0 Å². The molecule has 4 heteroatoms. The first-order valence-electron chi connectivity index (χ1n) is 7.04. The topological polar surface area (TPSA) is 3.24 Å². The summed E-state index contributed by atoms with van der Waals surface area (Å²) in [5.41, 5.74) is 6.73. The van der Waals surface area contributed by atoms with Crippen molar-refractivity contribution in [3.05, 3.63) is 60.0 Å². The zero-order chi connectivity index (χ0) is 15.2. The van der Waals surface area contributed by atoms with Crippen molar-refractivity contribution in [2.24, 2.45) is 0 Å². The van der Waals surface area contributed by atoms with E-state index in [0.717, 1.165) is 13.1 Å². The summed E-state index contributed by atoms with van der Waals surface area (Å²) in [7, 11) is 9.87. The van der Waals surface area contributed by atoms with E-state index in [1.807, 2.05) is 0 Å². The summed E-state index contributed by atoms with van der Waals surface area (Å²) in [4.78, 5) is 2.39. The fourth-order valence-corrected chi connectivity index (χ4v) is 2.74. The number of nitrogens with zero attached hydrogens (tertiary/aromatic N) is 1. The summed E-state index contributed by atoms with van der Waals surface area (Å²) in [6, 6.07) is 15.4. The van der Waals surface area contributed by atoms with Gasteiger partial charge in [0.15, 0.2) is 0 Å². The van der Waals surface area contributed by atoms with Crippen LogP contribution in [0, 0.1) is 6.42 Å². The van der Waals surface area contributed by atoms with Crippen molar-refractivity contribution in [3.63, 3.8) is 0 Å². The third kappa shape index (κ3) is 3.92. The fourth-order valence-electron chi connectivity index (χ4n) is 2.74. The molecule has 0 fully saturated rings. The normalized spacial score (nSPS) is 11.0. The number of fused-ring (bicyclic) bond motifs is 3. The van der Waals surface area contributed by atoms with Crippen LogP contribution in [0.4, 0.5) is 5.69 Å². The van der Waals surface area contributed by atoms with E-state index in [1.54, 1.807) is 0 Å². The van der Waals surface area contributed by atoms with E-state index in [0.29, 0.717) is 0 Å². The molecule has 1 radical (unpaired) electrons. The molecule has 0 heterocycles. The van der Waals surface area contributed by atoms with Gasteiger partial charge in [-0.15, -0.1) is 0 Å². The quantitative estimate of drug-likeness (QED) is 0.564. The number of hydrogen-bond donors (Lipinski definition) is 0. The number of rotatable bonds is 3. The molecule has 1 nitrogen and oxygen atoms in total. The van der Waals surface area contributed by atoms with Crippen LogP contribution in [-0.2, 0) is 20.8 Å². The molecular weight excluding hydrogens is 380 g/mol. The summed E-state index contributed by atoms with van der Waals surface area (Å²) in [6.45, 7) is 6.52. The standard InChI is InChI=1S/C17H18N.2ClH.Zr/c1-3-18(4-2)15-9-10-17-14(12-15)11-13-7-5-6-8-16(13)17;;;/h5-12H,3-4H2,1-2H3;2*1H;/q;;;+2/p-2. The minimum absolute atomic E-state index is 0.826. The first-order chi connectivity index (χ1) is 10.2. The molecule has 2 aromatic rings. The molecule has 21 heavy (non-hydrogen) atoms. The maximum absolute atomic E-state index is 4.93. The van der Waals surface area contributed by atoms with Crippen LogP contribution in [0.5, 0.6) is 0 Å². The second-order valence-electron chi connectivity index (χ2n) is 4.75. The maximum atomic E-state index is 4.93. The van der Waals surface area contributed by atoms with Crippen LogP contribution in [-0.4, -0.2) is 13.1 Å². The van der Waals surface area contributed by atoms with E-state index in [1.165, 1.54) is 27.9 Å². The Hall–Kier alpha value is -0.297. The molecule has 0 N–H and O–H groups in total.